The van der Waals surface area contributed by atoms with Crippen LogP contribution in [0.25, 0.3) is 0 Å². The first-order valence-electron chi connectivity index (χ1n) is 11.6. The number of guanidine groups is 1. The molecule has 178 valence electrons. The number of ether oxygens (including phenoxy) is 1. The van der Waals surface area contributed by atoms with E-state index in [1.54, 1.807) is 7.05 Å². The van der Waals surface area contributed by atoms with Gasteiger partial charge in [0.25, 0.3) is 0 Å². The Kier molecular flexibility index (Phi) is 10.3. The number of hydrogen-bond acceptors (Lipinski definition) is 4. The van der Waals surface area contributed by atoms with Crippen molar-refractivity contribution in [1.29, 1.82) is 0 Å². The highest BCUT2D eigenvalue weighted by Crippen LogP contribution is 2.17. The third-order valence-electron chi connectivity index (χ3n) is 5.14. The summed E-state index contributed by atoms with van der Waals surface area (Å²) in [4.78, 5) is 28.1. The molecular formula is C24H39N5O3. The maximum absolute atomic E-state index is 12.1. The number of benzene rings is 1. The van der Waals surface area contributed by atoms with E-state index in [-0.39, 0.29) is 5.91 Å². The first-order chi connectivity index (χ1) is 15.2. The van der Waals surface area contributed by atoms with E-state index in [0.29, 0.717) is 37.2 Å². The third-order valence-corrected chi connectivity index (χ3v) is 5.14. The van der Waals surface area contributed by atoms with Crippen molar-refractivity contribution in [2.24, 2.45) is 4.99 Å². The van der Waals surface area contributed by atoms with Crippen LogP contribution in [-0.2, 0) is 16.0 Å². The van der Waals surface area contributed by atoms with Crippen LogP contribution in [0.1, 0.15) is 64.9 Å². The minimum absolute atomic E-state index is 0.0972. The van der Waals surface area contributed by atoms with E-state index in [1.807, 2.05) is 45.0 Å². The standard InChI is InChI=1S/C24H39N5O3/c1-24(2,3)32-23(31)29-20-12-10-18(11-13-20)14-16-26-22(25-4)27-17-15-21(30)28-19-8-6-5-7-9-19/h10-13,19H,5-9,14-17H2,1-4H3,(H,28,30)(H,29,31)(H2,25,26,27). The Morgan fingerprint density at radius 1 is 1.03 bits per heavy atom. The second kappa shape index (κ2) is 12.9. The predicted molar refractivity (Wildman–Crippen MR) is 129 cm³/mol. The van der Waals surface area contributed by atoms with E-state index in [2.05, 4.69) is 26.3 Å². The minimum Gasteiger partial charge on any atom is -0.444 e. The second-order valence-corrected chi connectivity index (χ2v) is 9.15. The van der Waals surface area contributed by atoms with Crippen LogP contribution >= 0.6 is 0 Å². The molecular weight excluding hydrogens is 406 g/mol. The van der Waals surface area contributed by atoms with Gasteiger partial charge in [0.1, 0.15) is 5.60 Å². The van der Waals surface area contributed by atoms with Crippen LogP contribution in [-0.4, -0.2) is 49.7 Å². The van der Waals surface area contributed by atoms with Crippen LogP contribution < -0.4 is 21.3 Å². The molecule has 1 aliphatic carbocycles. The monoisotopic (exact) mass is 445 g/mol. The fourth-order valence-electron chi connectivity index (χ4n) is 3.56. The zero-order valence-corrected chi connectivity index (χ0v) is 19.9. The number of carbonyl (C=O) groups is 2. The molecule has 8 nitrogen and oxygen atoms in total. The molecule has 0 bridgehead atoms. The van der Waals surface area contributed by atoms with Crippen LogP contribution in [0.5, 0.6) is 0 Å². The zero-order valence-electron chi connectivity index (χ0n) is 19.9. The lowest BCUT2D eigenvalue weighted by Gasteiger charge is -2.22. The summed E-state index contributed by atoms with van der Waals surface area (Å²) in [7, 11) is 1.72. The number of hydrogen-bond donors (Lipinski definition) is 4. The van der Waals surface area contributed by atoms with E-state index in [0.717, 1.165) is 24.8 Å². The van der Waals surface area contributed by atoms with Crippen molar-refractivity contribution < 1.29 is 14.3 Å². The summed E-state index contributed by atoms with van der Waals surface area (Å²) in [6, 6.07) is 8.01. The molecule has 0 unspecified atom stereocenters. The molecule has 32 heavy (non-hydrogen) atoms. The molecule has 0 spiro atoms. The van der Waals surface area contributed by atoms with Gasteiger partial charge in [0.05, 0.1) is 0 Å². The number of rotatable bonds is 8. The van der Waals surface area contributed by atoms with Crippen molar-refractivity contribution in [3.63, 3.8) is 0 Å². The van der Waals surface area contributed by atoms with Crippen LogP contribution in [0, 0.1) is 0 Å². The Bertz CT molecular complexity index is 750. The summed E-state index contributed by atoms with van der Waals surface area (Å²) >= 11 is 0. The first kappa shape index (κ1) is 25.5. The van der Waals surface area contributed by atoms with E-state index < -0.39 is 11.7 Å². The predicted octanol–water partition coefficient (Wildman–Crippen LogP) is 3.58. The summed E-state index contributed by atoms with van der Waals surface area (Å²) in [5.74, 6) is 0.776. The summed E-state index contributed by atoms with van der Waals surface area (Å²) in [5, 5.41) is 12.3. The quantitative estimate of drug-likeness (QED) is 0.362. The van der Waals surface area contributed by atoms with E-state index >= 15 is 0 Å². The average molecular weight is 446 g/mol. The molecule has 1 aromatic carbocycles. The molecule has 2 rings (SSSR count). The average Bonchev–Trinajstić information content (AvgIpc) is 2.73. The normalized spacial score (nSPS) is 15.1. The Morgan fingerprint density at radius 3 is 2.31 bits per heavy atom. The van der Waals surface area contributed by atoms with Gasteiger partial charge in [-0.05, 0) is 57.7 Å². The molecule has 1 aromatic rings. The highest BCUT2D eigenvalue weighted by molar-refractivity contribution is 5.84. The topological polar surface area (TPSA) is 104 Å². The molecule has 1 fully saturated rings. The molecule has 0 aliphatic heterocycles. The van der Waals surface area contributed by atoms with Crippen molar-refractivity contribution in [3.8, 4) is 0 Å². The van der Waals surface area contributed by atoms with Gasteiger partial charge in [-0.25, -0.2) is 4.79 Å². The summed E-state index contributed by atoms with van der Waals surface area (Å²) < 4.78 is 5.26. The molecule has 8 heteroatoms. The maximum Gasteiger partial charge on any atom is 0.412 e. The lowest BCUT2D eigenvalue weighted by molar-refractivity contribution is -0.121. The van der Waals surface area contributed by atoms with Gasteiger partial charge in [-0.15, -0.1) is 0 Å². The molecule has 4 N–H and O–H groups in total. The SMILES string of the molecule is CN=C(NCCC(=O)NC1CCCCC1)NCCc1ccc(NC(=O)OC(C)(C)C)cc1. The van der Waals surface area contributed by atoms with Crippen molar-refractivity contribution in [1.82, 2.24) is 16.0 Å². The molecule has 0 aromatic heterocycles. The summed E-state index contributed by atoms with van der Waals surface area (Å²) in [6.07, 6.45) is 6.67. The largest absolute Gasteiger partial charge is 0.444 e. The van der Waals surface area contributed by atoms with Crippen molar-refractivity contribution in [2.45, 2.75) is 77.4 Å². The molecule has 2 amide bonds. The van der Waals surface area contributed by atoms with Gasteiger partial charge in [-0.2, -0.15) is 0 Å². The fraction of sp³-hybridized carbons (Fsp3) is 0.625. The maximum atomic E-state index is 12.1. The van der Waals surface area contributed by atoms with Gasteiger partial charge in [0.2, 0.25) is 5.91 Å². The lowest BCUT2D eigenvalue weighted by Crippen LogP contribution is -2.41. The Hall–Kier alpha value is -2.77. The number of anilines is 1. The van der Waals surface area contributed by atoms with E-state index in [4.69, 9.17) is 4.74 Å². The number of nitrogens with zero attached hydrogens (tertiary/aromatic N) is 1. The molecule has 0 heterocycles. The molecule has 0 radical (unpaired) electrons. The van der Waals surface area contributed by atoms with Gasteiger partial charge < -0.3 is 20.7 Å². The van der Waals surface area contributed by atoms with Crippen molar-refractivity contribution in [3.05, 3.63) is 29.8 Å². The number of nitrogens with one attached hydrogen (secondary N) is 4. The Balaban J connectivity index is 1.63. The van der Waals surface area contributed by atoms with Crippen LogP contribution in [0.4, 0.5) is 10.5 Å². The third kappa shape index (κ3) is 10.5. The van der Waals surface area contributed by atoms with Crippen LogP contribution in [0.2, 0.25) is 0 Å². The Labute approximate surface area is 192 Å². The highest BCUT2D eigenvalue weighted by Gasteiger charge is 2.16. The summed E-state index contributed by atoms with van der Waals surface area (Å²) in [6.45, 7) is 6.74. The van der Waals surface area contributed by atoms with Gasteiger partial charge in [-0.3, -0.25) is 15.1 Å². The van der Waals surface area contributed by atoms with E-state index in [9.17, 15) is 9.59 Å². The van der Waals surface area contributed by atoms with Crippen LogP contribution in [0.3, 0.4) is 0 Å². The van der Waals surface area contributed by atoms with E-state index in [1.165, 1.54) is 19.3 Å². The first-order valence-corrected chi connectivity index (χ1v) is 11.6. The lowest BCUT2D eigenvalue weighted by atomic mass is 9.95. The number of aliphatic imine (C=N–C) groups is 1. The second-order valence-electron chi connectivity index (χ2n) is 9.15. The fourth-order valence-corrected chi connectivity index (χ4v) is 3.56. The highest BCUT2D eigenvalue weighted by atomic mass is 16.6. The van der Waals surface area contributed by atoms with Gasteiger partial charge in [-0.1, -0.05) is 31.4 Å². The summed E-state index contributed by atoms with van der Waals surface area (Å²) in [5.41, 5.74) is 1.30. The molecule has 0 atom stereocenters. The smallest absolute Gasteiger partial charge is 0.412 e. The minimum atomic E-state index is -0.526. The van der Waals surface area contributed by atoms with Crippen molar-refractivity contribution in [2.75, 3.05) is 25.5 Å². The van der Waals surface area contributed by atoms with Gasteiger partial charge >= 0.3 is 6.09 Å². The van der Waals surface area contributed by atoms with Gasteiger partial charge in [0, 0.05) is 38.3 Å². The number of amides is 2. The van der Waals surface area contributed by atoms with Gasteiger partial charge in [0.15, 0.2) is 5.96 Å². The zero-order chi connectivity index (χ0) is 23.4. The number of carbonyl (C=O) groups excluding carboxylic acids is 2. The van der Waals surface area contributed by atoms with Crippen LogP contribution in [0.15, 0.2) is 29.3 Å². The molecule has 0 saturated heterocycles. The Morgan fingerprint density at radius 2 is 1.69 bits per heavy atom. The molecule has 1 saturated carbocycles. The van der Waals surface area contributed by atoms with Crippen molar-refractivity contribution >= 4 is 23.6 Å². The molecule has 1 aliphatic rings.